The average molecular weight is 434 g/mol. The molecule has 0 fully saturated rings. The van der Waals surface area contributed by atoms with Crippen LogP contribution in [0.4, 0.5) is 0 Å². The number of aryl methyl sites for hydroxylation is 2. The highest BCUT2D eigenvalue weighted by molar-refractivity contribution is 7.99. The third kappa shape index (κ3) is 4.54. The number of rotatable bonds is 6. The van der Waals surface area contributed by atoms with Crippen LogP contribution in [-0.4, -0.2) is 25.1 Å². The quantitative estimate of drug-likeness (QED) is 0.503. The monoisotopic (exact) mass is 433 g/mol. The van der Waals surface area contributed by atoms with Crippen molar-refractivity contribution in [3.63, 3.8) is 0 Å². The molecular weight excluding hydrogens is 410 g/mol. The summed E-state index contributed by atoms with van der Waals surface area (Å²) >= 11 is 1.45. The highest BCUT2D eigenvalue weighted by Crippen LogP contribution is 2.31. The first kappa shape index (κ1) is 20.9. The molecule has 1 unspecified atom stereocenters. The van der Waals surface area contributed by atoms with Crippen molar-refractivity contribution in [1.29, 1.82) is 0 Å². The Bertz CT molecular complexity index is 1300. The molecule has 2 aromatic heterocycles. The number of nitrogens with zero attached hydrogens (tertiary/aromatic N) is 4. The Morgan fingerprint density at radius 2 is 1.94 bits per heavy atom. The van der Waals surface area contributed by atoms with E-state index >= 15 is 0 Å². The van der Waals surface area contributed by atoms with Crippen molar-refractivity contribution >= 4 is 23.3 Å². The lowest BCUT2D eigenvalue weighted by atomic mass is 10.1. The summed E-state index contributed by atoms with van der Waals surface area (Å²) in [7, 11) is 0. The summed E-state index contributed by atoms with van der Waals surface area (Å²) in [5, 5.41) is 7.93. The third-order valence-corrected chi connectivity index (χ3v) is 6.14. The van der Waals surface area contributed by atoms with Gasteiger partial charge in [0, 0.05) is 17.3 Å². The summed E-state index contributed by atoms with van der Waals surface area (Å²) in [4.78, 5) is 30.8. The van der Waals surface area contributed by atoms with Crippen LogP contribution < -0.4 is 11.0 Å². The normalized spacial score (nSPS) is 12.1. The van der Waals surface area contributed by atoms with Crippen LogP contribution in [0.5, 0.6) is 0 Å². The highest BCUT2D eigenvalue weighted by atomic mass is 32.2. The van der Waals surface area contributed by atoms with E-state index < -0.39 is 0 Å². The Morgan fingerprint density at radius 3 is 2.68 bits per heavy atom. The van der Waals surface area contributed by atoms with Gasteiger partial charge in [0.05, 0.1) is 6.04 Å². The first-order valence-electron chi connectivity index (χ1n) is 9.96. The van der Waals surface area contributed by atoms with Crippen molar-refractivity contribution in [3.8, 4) is 0 Å². The number of benzene rings is 2. The number of nitrogens with one attached hydrogen (secondary N) is 1. The Kier molecular flexibility index (Phi) is 5.90. The van der Waals surface area contributed by atoms with Gasteiger partial charge in [0.15, 0.2) is 5.65 Å². The molecule has 0 bridgehead atoms. The van der Waals surface area contributed by atoms with E-state index in [1.54, 1.807) is 12.4 Å². The lowest BCUT2D eigenvalue weighted by molar-refractivity contribution is -0.122. The van der Waals surface area contributed by atoms with Gasteiger partial charge in [0.2, 0.25) is 5.91 Å². The van der Waals surface area contributed by atoms with E-state index in [1.807, 2.05) is 63.2 Å². The summed E-state index contributed by atoms with van der Waals surface area (Å²) < 4.78 is 2.60. The molecule has 2 heterocycles. The zero-order chi connectivity index (χ0) is 22.0. The van der Waals surface area contributed by atoms with Gasteiger partial charge in [-0.3, -0.25) is 4.79 Å². The molecule has 158 valence electrons. The first-order valence-corrected chi connectivity index (χ1v) is 10.8. The number of carbonyl (C=O) groups is 1. The van der Waals surface area contributed by atoms with Crippen LogP contribution in [0.25, 0.3) is 5.65 Å². The van der Waals surface area contributed by atoms with Crippen LogP contribution in [0, 0.1) is 13.8 Å². The highest BCUT2D eigenvalue weighted by Gasteiger charge is 2.17. The number of aromatic nitrogens is 4. The summed E-state index contributed by atoms with van der Waals surface area (Å²) in [5.74, 6) is -0.279. The Morgan fingerprint density at radius 1 is 1.16 bits per heavy atom. The molecule has 7 nitrogen and oxygen atoms in total. The van der Waals surface area contributed by atoms with Gasteiger partial charge in [-0.1, -0.05) is 59.8 Å². The number of amides is 1. The molecule has 0 aliphatic heterocycles. The minimum Gasteiger partial charge on any atom is -0.348 e. The van der Waals surface area contributed by atoms with Gasteiger partial charge < -0.3 is 5.32 Å². The molecule has 0 aliphatic rings. The van der Waals surface area contributed by atoms with Crippen molar-refractivity contribution in [3.05, 3.63) is 88.1 Å². The maximum Gasteiger partial charge on any atom is 0.350 e. The smallest absolute Gasteiger partial charge is 0.348 e. The summed E-state index contributed by atoms with van der Waals surface area (Å²) in [6.07, 6.45) is 3.14. The second kappa shape index (κ2) is 8.77. The Balaban J connectivity index is 1.57. The molecule has 0 spiro atoms. The SMILES string of the molecule is Cc1ccc(Sc2nccn3c(=O)n(CC(=O)NC(C)c4ccccc4)nc23)c(C)c1. The van der Waals surface area contributed by atoms with Crippen LogP contribution in [0.15, 0.2) is 75.6 Å². The molecule has 31 heavy (non-hydrogen) atoms. The first-order chi connectivity index (χ1) is 14.9. The van der Waals surface area contributed by atoms with Gasteiger partial charge >= 0.3 is 5.69 Å². The fraction of sp³-hybridized carbons (Fsp3) is 0.217. The van der Waals surface area contributed by atoms with E-state index in [2.05, 4.69) is 21.5 Å². The van der Waals surface area contributed by atoms with Crippen LogP contribution in [-0.2, 0) is 11.3 Å². The zero-order valence-electron chi connectivity index (χ0n) is 17.6. The average Bonchev–Trinajstić information content (AvgIpc) is 3.07. The standard InChI is InChI=1S/C23H23N5O2S/c1-15-9-10-19(16(2)13-15)31-22-21-26-28(23(30)27(21)12-11-24-22)14-20(29)25-17(3)18-7-5-4-6-8-18/h4-13,17H,14H2,1-3H3,(H,25,29). The van der Waals surface area contributed by atoms with Crippen molar-refractivity contribution in [2.24, 2.45) is 0 Å². The second-order valence-electron chi connectivity index (χ2n) is 7.44. The molecule has 1 atom stereocenters. The predicted octanol–water partition coefficient (Wildman–Crippen LogP) is 3.54. The van der Waals surface area contributed by atoms with Crippen molar-refractivity contribution in [1.82, 2.24) is 24.5 Å². The lowest BCUT2D eigenvalue weighted by Gasteiger charge is -2.13. The molecule has 4 rings (SSSR count). The van der Waals surface area contributed by atoms with Gasteiger partial charge in [0.25, 0.3) is 0 Å². The third-order valence-electron chi connectivity index (χ3n) is 4.98. The molecule has 1 N–H and O–H groups in total. The largest absolute Gasteiger partial charge is 0.350 e. The number of carbonyl (C=O) groups excluding carboxylic acids is 1. The van der Waals surface area contributed by atoms with Crippen molar-refractivity contribution < 1.29 is 4.79 Å². The molecule has 0 radical (unpaired) electrons. The van der Waals surface area contributed by atoms with E-state index in [9.17, 15) is 9.59 Å². The lowest BCUT2D eigenvalue weighted by Crippen LogP contribution is -2.34. The van der Waals surface area contributed by atoms with E-state index in [4.69, 9.17) is 0 Å². The molecule has 8 heteroatoms. The topological polar surface area (TPSA) is 81.3 Å². The molecule has 1 amide bonds. The number of hydrogen-bond donors (Lipinski definition) is 1. The fourth-order valence-corrected chi connectivity index (χ4v) is 4.28. The minimum absolute atomic E-state index is 0.161. The van der Waals surface area contributed by atoms with Crippen LogP contribution in [0.1, 0.15) is 29.7 Å². The second-order valence-corrected chi connectivity index (χ2v) is 8.47. The van der Waals surface area contributed by atoms with Crippen molar-refractivity contribution in [2.45, 2.75) is 43.3 Å². The van der Waals surface area contributed by atoms with Crippen LogP contribution >= 0.6 is 11.8 Å². The molecule has 0 saturated heterocycles. The molecule has 4 aromatic rings. The minimum atomic E-state index is -0.373. The number of hydrogen-bond acceptors (Lipinski definition) is 5. The molecular formula is C23H23N5O2S. The molecule has 0 saturated carbocycles. The summed E-state index contributed by atoms with van der Waals surface area (Å²) in [6.45, 7) is 5.83. The number of fused-ring (bicyclic) bond motifs is 1. The van der Waals surface area contributed by atoms with Gasteiger partial charge in [-0.15, -0.1) is 5.10 Å². The fourth-order valence-electron chi connectivity index (χ4n) is 3.37. The van der Waals surface area contributed by atoms with Crippen molar-refractivity contribution in [2.75, 3.05) is 0 Å². The van der Waals surface area contributed by atoms with E-state index in [0.29, 0.717) is 10.7 Å². The van der Waals surface area contributed by atoms with E-state index in [1.165, 1.54) is 26.4 Å². The van der Waals surface area contributed by atoms with Crippen LogP contribution in [0.3, 0.4) is 0 Å². The van der Waals surface area contributed by atoms with Gasteiger partial charge in [-0.05, 0) is 38.0 Å². The maximum atomic E-state index is 12.8. The van der Waals surface area contributed by atoms with Gasteiger partial charge in [-0.2, -0.15) is 0 Å². The summed E-state index contributed by atoms with van der Waals surface area (Å²) in [6, 6.07) is 15.7. The van der Waals surface area contributed by atoms with Gasteiger partial charge in [-0.25, -0.2) is 18.9 Å². The maximum absolute atomic E-state index is 12.8. The molecule has 2 aromatic carbocycles. The van der Waals surface area contributed by atoms with E-state index in [0.717, 1.165) is 16.0 Å². The predicted molar refractivity (Wildman–Crippen MR) is 120 cm³/mol. The zero-order valence-corrected chi connectivity index (χ0v) is 18.4. The molecule has 0 aliphatic carbocycles. The Hall–Kier alpha value is -3.39. The Labute approximate surface area is 184 Å². The van der Waals surface area contributed by atoms with E-state index in [-0.39, 0.29) is 24.2 Å². The van der Waals surface area contributed by atoms with Crippen LogP contribution in [0.2, 0.25) is 0 Å². The van der Waals surface area contributed by atoms with Gasteiger partial charge in [0.1, 0.15) is 11.6 Å². The summed E-state index contributed by atoms with van der Waals surface area (Å²) in [5.41, 5.74) is 3.37.